The summed E-state index contributed by atoms with van der Waals surface area (Å²) in [6.07, 6.45) is 0. The Bertz CT molecular complexity index is 599. The van der Waals surface area contributed by atoms with E-state index in [2.05, 4.69) is 0 Å². The summed E-state index contributed by atoms with van der Waals surface area (Å²) in [6, 6.07) is 3.51. The molecule has 0 saturated carbocycles. The Balaban J connectivity index is 3.01. The predicted molar refractivity (Wildman–Crippen MR) is 64.4 cm³/mol. The highest BCUT2D eigenvalue weighted by atomic mass is 35.5. The minimum Gasteiger partial charge on any atom is -0.478 e. The maximum atomic E-state index is 11.2. The molecule has 2 rings (SSSR count). The van der Waals surface area contributed by atoms with Crippen LogP contribution in [0.15, 0.2) is 12.1 Å². The molecule has 1 aromatic heterocycles. The lowest BCUT2D eigenvalue weighted by atomic mass is 10.1. The van der Waals surface area contributed by atoms with E-state index in [4.69, 9.17) is 11.6 Å². The van der Waals surface area contributed by atoms with Gasteiger partial charge in [-0.2, -0.15) is 0 Å². The average Bonchev–Trinajstić information content (AvgIpc) is 2.46. The number of benzene rings is 1. The summed E-state index contributed by atoms with van der Waals surface area (Å²) in [5.41, 5.74) is 2.91. The topological polar surface area (TPSA) is 42.2 Å². The van der Waals surface area contributed by atoms with Crippen molar-refractivity contribution in [3.05, 3.63) is 34.0 Å². The van der Waals surface area contributed by atoms with Gasteiger partial charge >= 0.3 is 5.97 Å². The molecule has 0 unspecified atom stereocenters. The molecular weight excluding hydrogens is 226 g/mol. The lowest BCUT2D eigenvalue weighted by molar-refractivity contribution is 0.0698. The quantitative estimate of drug-likeness (QED) is 0.828. The normalized spacial score (nSPS) is 11.0. The van der Waals surface area contributed by atoms with Crippen molar-refractivity contribution < 1.29 is 9.90 Å². The van der Waals surface area contributed by atoms with E-state index in [-0.39, 0.29) is 0 Å². The summed E-state index contributed by atoms with van der Waals surface area (Å²) >= 11 is 6.04. The number of aromatic nitrogens is 1. The number of nitrogens with zero attached hydrogens (tertiary/aromatic N) is 1. The molecule has 2 aromatic rings. The third kappa shape index (κ3) is 1.32. The first kappa shape index (κ1) is 11.0. The molecule has 0 spiro atoms. The standard InChI is InChI=1S/C12H12ClNO2/c1-6-9(13)5-4-8-10(12(15)16)7(2)14(3)11(6)8/h4-5H,1-3H3,(H,15,16). The smallest absolute Gasteiger partial charge is 0.338 e. The van der Waals surface area contributed by atoms with Crippen LogP contribution in [0, 0.1) is 13.8 Å². The summed E-state index contributed by atoms with van der Waals surface area (Å²) in [6.45, 7) is 3.70. The number of hydrogen-bond acceptors (Lipinski definition) is 1. The van der Waals surface area contributed by atoms with Crippen molar-refractivity contribution in [2.45, 2.75) is 13.8 Å². The molecule has 3 nitrogen and oxygen atoms in total. The van der Waals surface area contributed by atoms with Crippen LogP contribution in [0.5, 0.6) is 0 Å². The minimum absolute atomic E-state index is 0.359. The Morgan fingerprint density at radius 3 is 2.56 bits per heavy atom. The van der Waals surface area contributed by atoms with Crippen LogP contribution in [0.3, 0.4) is 0 Å². The SMILES string of the molecule is Cc1c(Cl)ccc2c(C(=O)O)c(C)n(C)c12. The summed E-state index contributed by atoms with van der Waals surface area (Å²) in [7, 11) is 1.85. The van der Waals surface area contributed by atoms with Crippen molar-refractivity contribution in [2.24, 2.45) is 7.05 Å². The number of halogens is 1. The van der Waals surface area contributed by atoms with Gasteiger partial charge in [-0.05, 0) is 25.5 Å². The van der Waals surface area contributed by atoms with Gasteiger partial charge in [0, 0.05) is 23.2 Å². The number of aryl methyl sites for hydroxylation is 2. The van der Waals surface area contributed by atoms with E-state index in [1.54, 1.807) is 19.1 Å². The zero-order chi connectivity index (χ0) is 12.0. The Labute approximate surface area is 98.3 Å². The van der Waals surface area contributed by atoms with Crippen LogP contribution in [0.4, 0.5) is 0 Å². The second kappa shape index (κ2) is 3.52. The predicted octanol–water partition coefficient (Wildman–Crippen LogP) is 3.15. The van der Waals surface area contributed by atoms with Crippen LogP contribution in [0.2, 0.25) is 5.02 Å². The van der Waals surface area contributed by atoms with Gasteiger partial charge in [0.25, 0.3) is 0 Å². The highest BCUT2D eigenvalue weighted by Crippen LogP contribution is 2.31. The average molecular weight is 238 g/mol. The molecule has 0 aliphatic heterocycles. The highest BCUT2D eigenvalue weighted by molar-refractivity contribution is 6.32. The van der Waals surface area contributed by atoms with E-state index in [1.165, 1.54) is 0 Å². The Hall–Kier alpha value is -1.48. The Morgan fingerprint density at radius 2 is 2.00 bits per heavy atom. The van der Waals surface area contributed by atoms with Gasteiger partial charge in [0.1, 0.15) is 0 Å². The third-order valence-corrected chi connectivity index (χ3v) is 3.46. The summed E-state index contributed by atoms with van der Waals surface area (Å²) in [5, 5.41) is 10.6. The van der Waals surface area contributed by atoms with Crippen LogP contribution in [-0.2, 0) is 7.05 Å². The Kier molecular flexibility index (Phi) is 2.43. The van der Waals surface area contributed by atoms with E-state index >= 15 is 0 Å². The van der Waals surface area contributed by atoms with E-state index in [0.717, 1.165) is 22.2 Å². The molecule has 0 fully saturated rings. The van der Waals surface area contributed by atoms with Crippen LogP contribution >= 0.6 is 11.6 Å². The largest absolute Gasteiger partial charge is 0.478 e. The maximum Gasteiger partial charge on any atom is 0.338 e. The molecular formula is C12H12ClNO2. The van der Waals surface area contributed by atoms with Gasteiger partial charge < -0.3 is 9.67 Å². The first-order chi connectivity index (χ1) is 7.45. The number of carbonyl (C=O) groups is 1. The zero-order valence-corrected chi connectivity index (χ0v) is 10.1. The maximum absolute atomic E-state index is 11.2. The van der Waals surface area contributed by atoms with E-state index in [0.29, 0.717) is 10.6 Å². The molecule has 0 radical (unpaired) electrons. The van der Waals surface area contributed by atoms with Crippen LogP contribution in [0.1, 0.15) is 21.6 Å². The summed E-state index contributed by atoms with van der Waals surface area (Å²) in [5.74, 6) is -0.898. The van der Waals surface area contributed by atoms with Crippen molar-refractivity contribution in [3.8, 4) is 0 Å². The zero-order valence-electron chi connectivity index (χ0n) is 9.34. The molecule has 0 saturated heterocycles. The van der Waals surface area contributed by atoms with Gasteiger partial charge in [-0.1, -0.05) is 17.7 Å². The number of hydrogen-bond donors (Lipinski definition) is 1. The number of carboxylic acid groups (broad SMARTS) is 1. The van der Waals surface area contributed by atoms with Gasteiger partial charge in [-0.15, -0.1) is 0 Å². The minimum atomic E-state index is -0.898. The first-order valence-corrected chi connectivity index (χ1v) is 5.30. The summed E-state index contributed by atoms with van der Waals surface area (Å²) in [4.78, 5) is 11.2. The number of carboxylic acids is 1. The van der Waals surface area contributed by atoms with Crippen molar-refractivity contribution in [2.75, 3.05) is 0 Å². The molecule has 1 aromatic carbocycles. The highest BCUT2D eigenvalue weighted by Gasteiger charge is 2.19. The molecule has 0 amide bonds. The fourth-order valence-electron chi connectivity index (χ4n) is 2.11. The van der Waals surface area contributed by atoms with Gasteiger partial charge in [-0.25, -0.2) is 4.79 Å². The molecule has 0 atom stereocenters. The van der Waals surface area contributed by atoms with Gasteiger partial charge in [-0.3, -0.25) is 0 Å². The van der Waals surface area contributed by atoms with E-state index in [9.17, 15) is 9.90 Å². The third-order valence-electron chi connectivity index (χ3n) is 3.05. The van der Waals surface area contributed by atoms with Crippen LogP contribution in [-0.4, -0.2) is 15.6 Å². The fourth-order valence-corrected chi connectivity index (χ4v) is 2.26. The van der Waals surface area contributed by atoms with Crippen molar-refractivity contribution in [1.82, 2.24) is 4.57 Å². The second-order valence-electron chi connectivity index (χ2n) is 3.89. The lowest BCUT2D eigenvalue weighted by Crippen LogP contribution is -1.99. The fraction of sp³-hybridized carbons (Fsp3) is 0.250. The molecule has 1 N–H and O–H groups in total. The lowest BCUT2D eigenvalue weighted by Gasteiger charge is -2.03. The molecule has 84 valence electrons. The van der Waals surface area contributed by atoms with Gasteiger partial charge in [0.05, 0.1) is 11.1 Å². The molecule has 4 heteroatoms. The monoisotopic (exact) mass is 237 g/mol. The molecule has 0 bridgehead atoms. The van der Waals surface area contributed by atoms with Gasteiger partial charge in [0.15, 0.2) is 0 Å². The number of fused-ring (bicyclic) bond motifs is 1. The summed E-state index contributed by atoms with van der Waals surface area (Å²) < 4.78 is 1.88. The molecule has 0 aliphatic carbocycles. The Morgan fingerprint density at radius 1 is 1.38 bits per heavy atom. The molecule has 16 heavy (non-hydrogen) atoms. The van der Waals surface area contributed by atoms with Crippen LogP contribution < -0.4 is 0 Å². The van der Waals surface area contributed by atoms with E-state index in [1.807, 2.05) is 18.5 Å². The number of rotatable bonds is 1. The van der Waals surface area contributed by atoms with E-state index < -0.39 is 5.97 Å². The second-order valence-corrected chi connectivity index (χ2v) is 4.30. The van der Waals surface area contributed by atoms with Crippen LogP contribution in [0.25, 0.3) is 10.9 Å². The molecule has 0 aliphatic rings. The van der Waals surface area contributed by atoms with Crippen molar-refractivity contribution in [1.29, 1.82) is 0 Å². The molecule has 1 heterocycles. The van der Waals surface area contributed by atoms with Crippen molar-refractivity contribution in [3.63, 3.8) is 0 Å². The first-order valence-electron chi connectivity index (χ1n) is 4.92. The number of aromatic carboxylic acids is 1. The van der Waals surface area contributed by atoms with Crippen molar-refractivity contribution >= 4 is 28.5 Å². The van der Waals surface area contributed by atoms with Gasteiger partial charge in [0.2, 0.25) is 0 Å².